The summed E-state index contributed by atoms with van der Waals surface area (Å²) < 4.78 is 1.36. The number of hydrogen-bond acceptors (Lipinski definition) is 8. The lowest BCUT2D eigenvalue weighted by Crippen LogP contribution is -2.63. The van der Waals surface area contributed by atoms with Crippen LogP contribution in [0.25, 0.3) is 5.69 Å². The van der Waals surface area contributed by atoms with Crippen molar-refractivity contribution in [1.82, 2.24) is 24.3 Å². The third-order valence-electron chi connectivity index (χ3n) is 7.06. The first-order valence-corrected chi connectivity index (χ1v) is 13.0. The smallest absolute Gasteiger partial charge is 0.354 e. The molecule has 2 aromatic rings. The highest BCUT2D eigenvalue weighted by Gasteiger charge is 2.39. The zero-order chi connectivity index (χ0) is 28.3. The van der Waals surface area contributed by atoms with Crippen LogP contribution in [0.3, 0.4) is 0 Å². The van der Waals surface area contributed by atoms with E-state index in [1.807, 2.05) is 24.3 Å². The van der Waals surface area contributed by atoms with Crippen LogP contribution in [-0.2, 0) is 16.1 Å². The predicted octanol–water partition coefficient (Wildman–Crippen LogP) is 0.444. The predicted molar refractivity (Wildman–Crippen MR) is 152 cm³/mol. The first-order chi connectivity index (χ1) is 18.4. The lowest BCUT2D eigenvalue weighted by atomic mass is 10.0. The number of benzene rings is 1. The van der Waals surface area contributed by atoms with Gasteiger partial charge < -0.3 is 26.4 Å². The number of aliphatic carboxylic acids is 1. The number of nitrogens with two attached hydrogens (primary N) is 2. The van der Waals surface area contributed by atoms with E-state index in [1.54, 1.807) is 13.8 Å². The summed E-state index contributed by atoms with van der Waals surface area (Å²) in [4.78, 5) is 58.8. The Bertz CT molecular complexity index is 1270. The number of rotatable bonds is 6. The van der Waals surface area contributed by atoms with Crippen LogP contribution < -0.4 is 22.5 Å². The number of anilines is 1. The second kappa shape index (κ2) is 12.8. The molecule has 4 rings (SSSR count). The maximum absolute atomic E-state index is 12.9. The highest BCUT2D eigenvalue weighted by molar-refractivity contribution is 5.93. The van der Waals surface area contributed by atoms with E-state index >= 15 is 0 Å². The van der Waals surface area contributed by atoms with Crippen LogP contribution in [0.15, 0.2) is 41.3 Å². The minimum Gasteiger partial charge on any atom is -0.480 e. The molecule has 218 valence electrons. The normalized spacial score (nSPS) is 18.6. The minimum absolute atomic E-state index is 0. The lowest BCUT2D eigenvalue weighted by molar-refractivity contribution is -0.148. The number of hydrogen-bond donors (Lipinski definition) is 4. The summed E-state index contributed by atoms with van der Waals surface area (Å²) in [7, 11) is 0. The van der Waals surface area contributed by atoms with E-state index in [1.165, 1.54) is 21.7 Å². The van der Waals surface area contributed by atoms with Crippen LogP contribution in [0.2, 0.25) is 0 Å². The van der Waals surface area contributed by atoms with E-state index in [4.69, 9.17) is 11.5 Å². The van der Waals surface area contributed by atoms with Crippen molar-refractivity contribution in [2.45, 2.75) is 50.9 Å². The van der Waals surface area contributed by atoms with Crippen molar-refractivity contribution >= 4 is 36.1 Å². The van der Waals surface area contributed by atoms with Crippen molar-refractivity contribution in [2.75, 3.05) is 38.0 Å². The molecule has 2 fully saturated rings. The molecule has 1 aromatic carbocycles. The average molecular weight is 577 g/mol. The van der Waals surface area contributed by atoms with Crippen molar-refractivity contribution in [3.05, 3.63) is 52.6 Å². The Morgan fingerprint density at radius 3 is 2.30 bits per heavy atom. The molecule has 0 aliphatic carbocycles. The lowest BCUT2D eigenvalue weighted by Gasteiger charge is -2.41. The Hall–Kier alpha value is -3.52. The van der Waals surface area contributed by atoms with Gasteiger partial charge in [0.05, 0.1) is 17.8 Å². The first kappa shape index (κ1) is 31.0. The van der Waals surface area contributed by atoms with E-state index in [9.17, 15) is 24.3 Å². The Morgan fingerprint density at radius 2 is 1.73 bits per heavy atom. The number of aromatic nitrogens is 2. The van der Waals surface area contributed by atoms with Gasteiger partial charge in [0.25, 0.3) is 0 Å². The number of urea groups is 1. The number of carboxylic acid groups (broad SMARTS) is 1. The molecule has 40 heavy (non-hydrogen) atoms. The summed E-state index contributed by atoms with van der Waals surface area (Å²) in [5.74, 6) is -1.66. The molecule has 3 amide bonds. The number of carbonyl (C=O) groups is 3. The van der Waals surface area contributed by atoms with Crippen LogP contribution in [-0.4, -0.2) is 97.6 Å². The summed E-state index contributed by atoms with van der Waals surface area (Å²) in [6.07, 6.45) is 3.48. The van der Waals surface area contributed by atoms with Crippen molar-refractivity contribution in [2.24, 2.45) is 11.5 Å². The van der Waals surface area contributed by atoms with E-state index < -0.39 is 35.2 Å². The molecule has 1 aromatic heterocycles. The van der Waals surface area contributed by atoms with Gasteiger partial charge in [0, 0.05) is 31.9 Å². The molecule has 6 N–H and O–H groups in total. The second-order valence-corrected chi connectivity index (χ2v) is 10.7. The van der Waals surface area contributed by atoms with E-state index in [-0.39, 0.29) is 43.9 Å². The summed E-state index contributed by atoms with van der Waals surface area (Å²) in [5, 5.41) is 12.2. The molecule has 2 aliphatic rings. The SMILES string of the molecule is CC(C)(N)C(=O)N1CCN(C(=O)Nc2ccn(-c3ccc(CN4CCC(N)CC4)cc3)c(=O)n2)C(C(=O)O)C1.Cl. The van der Waals surface area contributed by atoms with Gasteiger partial charge in [-0.1, -0.05) is 12.1 Å². The minimum atomic E-state index is -1.27. The summed E-state index contributed by atoms with van der Waals surface area (Å²) in [5.41, 5.74) is 11.8. The molecule has 2 saturated heterocycles. The molecule has 2 aliphatic heterocycles. The van der Waals surface area contributed by atoms with Crippen LogP contribution in [0, 0.1) is 0 Å². The molecular formula is C26H37ClN8O5. The summed E-state index contributed by atoms with van der Waals surface area (Å²) in [6.45, 7) is 5.74. The molecule has 1 atom stereocenters. The maximum atomic E-state index is 12.9. The van der Waals surface area contributed by atoms with Crippen LogP contribution in [0.4, 0.5) is 10.6 Å². The van der Waals surface area contributed by atoms with Crippen molar-refractivity contribution < 1.29 is 19.5 Å². The van der Waals surface area contributed by atoms with E-state index in [0.29, 0.717) is 5.69 Å². The molecule has 1 unspecified atom stereocenters. The Morgan fingerprint density at radius 1 is 1.07 bits per heavy atom. The zero-order valence-electron chi connectivity index (χ0n) is 22.7. The topological polar surface area (TPSA) is 180 Å². The van der Waals surface area contributed by atoms with Crippen LogP contribution in [0.1, 0.15) is 32.3 Å². The average Bonchev–Trinajstić information content (AvgIpc) is 2.89. The van der Waals surface area contributed by atoms with Gasteiger partial charge in [-0.05, 0) is 63.5 Å². The van der Waals surface area contributed by atoms with Gasteiger partial charge in [-0.3, -0.25) is 19.6 Å². The second-order valence-electron chi connectivity index (χ2n) is 10.7. The molecule has 3 heterocycles. The number of amides is 3. The summed E-state index contributed by atoms with van der Waals surface area (Å²) in [6, 6.07) is 7.36. The van der Waals surface area contributed by atoms with E-state index in [0.717, 1.165) is 42.9 Å². The molecular weight excluding hydrogens is 540 g/mol. The molecule has 0 bridgehead atoms. The van der Waals surface area contributed by atoms with Gasteiger partial charge in [-0.25, -0.2) is 14.4 Å². The third-order valence-corrected chi connectivity index (χ3v) is 7.06. The van der Waals surface area contributed by atoms with Gasteiger partial charge in [0.15, 0.2) is 0 Å². The van der Waals surface area contributed by atoms with Crippen LogP contribution >= 0.6 is 12.4 Å². The maximum Gasteiger partial charge on any atom is 0.354 e. The largest absolute Gasteiger partial charge is 0.480 e. The number of likely N-dealkylation sites (tertiary alicyclic amines) is 1. The molecule has 13 nitrogen and oxygen atoms in total. The van der Waals surface area contributed by atoms with Gasteiger partial charge in [0.2, 0.25) is 5.91 Å². The number of nitrogens with one attached hydrogen (secondary N) is 1. The Labute approximate surface area is 238 Å². The van der Waals surface area contributed by atoms with E-state index in [2.05, 4.69) is 15.2 Å². The highest BCUT2D eigenvalue weighted by Crippen LogP contribution is 2.17. The van der Waals surface area contributed by atoms with Crippen molar-refractivity contribution in [3.63, 3.8) is 0 Å². The zero-order valence-corrected chi connectivity index (χ0v) is 23.5. The molecule has 0 spiro atoms. The number of nitrogens with zero attached hydrogens (tertiary/aromatic N) is 5. The van der Waals surface area contributed by atoms with Crippen molar-refractivity contribution in [1.29, 1.82) is 0 Å². The fraction of sp³-hybridized carbons (Fsp3) is 0.500. The van der Waals surface area contributed by atoms with Gasteiger partial charge in [-0.15, -0.1) is 12.4 Å². The number of piperidine rings is 1. The van der Waals surface area contributed by atoms with Crippen LogP contribution in [0.5, 0.6) is 0 Å². The number of carboxylic acids is 1. The highest BCUT2D eigenvalue weighted by atomic mass is 35.5. The summed E-state index contributed by atoms with van der Waals surface area (Å²) >= 11 is 0. The first-order valence-electron chi connectivity index (χ1n) is 13.0. The monoisotopic (exact) mass is 576 g/mol. The fourth-order valence-corrected chi connectivity index (χ4v) is 4.81. The standard InChI is InChI=1S/C26H36N8O5.ClH/c1-26(2,28)23(37)32-13-14-34(20(16-32)22(35)36)25(39)30-21-9-12-33(24(38)29-21)19-5-3-17(4-6-19)15-31-10-7-18(27)8-11-31;/h3-6,9,12,18,20H,7-8,10-11,13-16,27-28H2,1-2H3,(H,35,36)(H,29,30,38,39);1H. The number of halogens is 1. The number of carbonyl (C=O) groups excluding carboxylic acids is 2. The number of piperazine rings is 1. The van der Waals surface area contributed by atoms with Gasteiger partial charge in [-0.2, -0.15) is 4.98 Å². The quantitative estimate of drug-likeness (QED) is 0.379. The molecule has 0 radical (unpaired) electrons. The molecule has 0 saturated carbocycles. The van der Waals surface area contributed by atoms with Crippen molar-refractivity contribution in [3.8, 4) is 5.69 Å². The van der Waals surface area contributed by atoms with Gasteiger partial charge in [0.1, 0.15) is 11.9 Å². The van der Waals surface area contributed by atoms with Gasteiger partial charge >= 0.3 is 17.7 Å². The Kier molecular flexibility index (Phi) is 9.90. The third kappa shape index (κ3) is 7.36. The molecule has 14 heteroatoms. The Balaban J connectivity index is 0.00000441. The fourth-order valence-electron chi connectivity index (χ4n) is 4.81.